The van der Waals surface area contributed by atoms with E-state index in [1.54, 1.807) is 35.7 Å². The number of alkyl halides is 1. The van der Waals surface area contributed by atoms with Gasteiger partial charge in [-0.15, -0.1) is 24.9 Å². The van der Waals surface area contributed by atoms with Crippen molar-refractivity contribution in [3.8, 4) is 0 Å². The van der Waals surface area contributed by atoms with E-state index in [4.69, 9.17) is 4.74 Å². The molecule has 2 aromatic carbocycles. The van der Waals surface area contributed by atoms with Crippen molar-refractivity contribution in [1.29, 1.82) is 0 Å². The molecular formula is C30H33BrN2O5S. The molecule has 1 spiro atoms. The third-order valence-corrected chi connectivity index (χ3v) is 11.4. The lowest BCUT2D eigenvalue weighted by Gasteiger charge is -2.39. The molecule has 39 heavy (non-hydrogen) atoms. The van der Waals surface area contributed by atoms with Crippen LogP contribution in [0.25, 0.3) is 10.8 Å². The number of ether oxygens (including phenoxy) is 1. The van der Waals surface area contributed by atoms with Gasteiger partial charge in [-0.2, -0.15) is 0 Å². The van der Waals surface area contributed by atoms with E-state index in [0.717, 1.165) is 10.8 Å². The minimum atomic E-state index is -0.857. The highest BCUT2D eigenvalue weighted by Crippen LogP contribution is 2.68. The SMILES string of the molecule is C=CCCOC(=O)[C@H]1[C@@H]2SC3(CC2Br)C(C(=O)N(CC=C)c2ccc4ccccc4c2)N([C@H](C)CO)C(=O)[C@H]13. The summed E-state index contributed by atoms with van der Waals surface area (Å²) in [5.41, 5.74) is 0.704. The summed E-state index contributed by atoms with van der Waals surface area (Å²) in [6, 6.07) is 12.3. The summed E-state index contributed by atoms with van der Waals surface area (Å²) in [5.74, 6) is -2.31. The van der Waals surface area contributed by atoms with Gasteiger partial charge in [0, 0.05) is 22.3 Å². The van der Waals surface area contributed by atoms with Crippen LogP contribution >= 0.6 is 27.7 Å². The molecule has 2 amide bonds. The van der Waals surface area contributed by atoms with Crippen LogP contribution in [-0.2, 0) is 19.1 Å². The summed E-state index contributed by atoms with van der Waals surface area (Å²) in [7, 11) is 0. The minimum Gasteiger partial charge on any atom is -0.465 e. The van der Waals surface area contributed by atoms with Gasteiger partial charge in [0.15, 0.2) is 0 Å². The van der Waals surface area contributed by atoms with Crippen molar-refractivity contribution < 1.29 is 24.2 Å². The summed E-state index contributed by atoms with van der Waals surface area (Å²) < 4.78 is 4.74. The summed E-state index contributed by atoms with van der Waals surface area (Å²) >= 11 is 5.32. The van der Waals surface area contributed by atoms with Crippen LogP contribution in [0.1, 0.15) is 19.8 Å². The monoisotopic (exact) mass is 612 g/mol. The second kappa shape index (κ2) is 11.1. The van der Waals surface area contributed by atoms with Crippen molar-refractivity contribution in [2.45, 2.75) is 46.7 Å². The molecule has 3 heterocycles. The molecule has 7 nitrogen and oxygen atoms in total. The number of fused-ring (bicyclic) bond motifs is 2. The maximum atomic E-state index is 14.6. The number of hydrogen-bond acceptors (Lipinski definition) is 6. The summed E-state index contributed by atoms with van der Waals surface area (Å²) in [5, 5.41) is 12.0. The van der Waals surface area contributed by atoms with Crippen molar-refractivity contribution in [3.05, 3.63) is 67.8 Å². The van der Waals surface area contributed by atoms with Crippen LogP contribution in [0.15, 0.2) is 67.8 Å². The Hall–Kier alpha value is -2.62. The molecule has 0 aliphatic carbocycles. The predicted molar refractivity (Wildman–Crippen MR) is 158 cm³/mol. The molecule has 9 heteroatoms. The van der Waals surface area contributed by atoms with E-state index in [-0.39, 0.29) is 41.6 Å². The number of carbonyl (C=O) groups is 3. The number of carbonyl (C=O) groups excluding carboxylic acids is 3. The number of aliphatic hydroxyl groups is 1. The van der Waals surface area contributed by atoms with Gasteiger partial charge < -0.3 is 19.6 Å². The molecule has 3 aliphatic heterocycles. The van der Waals surface area contributed by atoms with Gasteiger partial charge in [-0.1, -0.05) is 58.4 Å². The number of esters is 1. The van der Waals surface area contributed by atoms with E-state index in [2.05, 4.69) is 29.1 Å². The molecule has 0 radical (unpaired) electrons. The van der Waals surface area contributed by atoms with Crippen molar-refractivity contribution in [1.82, 2.24) is 4.90 Å². The molecular weight excluding hydrogens is 580 g/mol. The lowest BCUT2D eigenvalue weighted by atomic mass is 9.71. The summed E-state index contributed by atoms with van der Waals surface area (Å²) in [4.78, 5) is 45.2. The van der Waals surface area contributed by atoms with Crippen LogP contribution in [0.2, 0.25) is 0 Å². The fourth-order valence-corrected chi connectivity index (χ4v) is 10.0. The van der Waals surface area contributed by atoms with E-state index in [9.17, 15) is 19.5 Å². The molecule has 3 aliphatic rings. The number of anilines is 1. The fourth-order valence-electron chi connectivity index (χ4n) is 6.46. The van der Waals surface area contributed by atoms with Crippen LogP contribution in [-0.4, -0.2) is 74.5 Å². The Kier molecular flexibility index (Phi) is 7.95. The Balaban J connectivity index is 1.57. The Labute approximate surface area is 241 Å². The molecule has 2 aromatic rings. The largest absolute Gasteiger partial charge is 0.465 e. The third kappa shape index (κ3) is 4.52. The Morgan fingerprint density at radius 1 is 1.26 bits per heavy atom. The number of likely N-dealkylation sites (tertiary alicyclic amines) is 1. The van der Waals surface area contributed by atoms with Gasteiger partial charge in [0.2, 0.25) is 5.91 Å². The maximum Gasteiger partial charge on any atom is 0.310 e. The number of benzene rings is 2. The van der Waals surface area contributed by atoms with Gasteiger partial charge >= 0.3 is 5.97 Å². The lowest BCUT2D eigenvalue weighted by Crippen LogP contribution is -2.57. The molecule has 0 aromatic heterocycles. The van der Waals surface area contributed by atoms with Crippen molar-refractivity contribution in [2.75, 3.05) is 24.7 Å². The van der Waals surface area contributed by atoms with Gasteiger partial charge in [0.05, 0.1) is 35.8 Å². The van der Waals surface area contributed by atoms with Gasteiger partial charge in [-0.05, 0) is 42.7 Å². The summed E-state index contributed by atoms with van der Waals surface area (Å²) in [6.07, 6.45) is 4.43. The molecule has 7 atom stereocenters. The highest BCUT2D eigenvalue weighted by Gasteiger charge is 2.76. The van der Waals surface area contributed by atoms with E-state index in [1.165, 1.54) is 4.90 Å². The molecule has 5 rings (SSSR count). The Bertz CT molecular complexity index is 1320. The first kappa shape index (κ1) is 27.9. The van der Waals surface area contributed by atoms with Crippen molar-refractivity contribution in [3.63, 3.8) is 0 Å². The van der Waals surface area contributed by atoms with Crippen molar-refractivity contribution in [2.24, 2.45) is 11.8 Å². The second-order valence-corrected chi connectivity index (χ2v) is 13.2. The zero-order valence-electron chi connectivity index (χ0n) is 21.9. The lowest BCUT2D eigenvalue weighted by molar-refractivity contribution is -0.154. The smallest absolute Gasteiger partial charge is 0.310 e. The van der Waals surface area contributed by atoms with E-state index in [0.29, 0.717) is 18.5 Å². The zero-order valence-corrected chi connectivity index (χ0v) is 24.3. The van der Waals surface area contributed by atoms with E-state index in [1.807, 2.05) is 42.5 Å². The number of aliphatic hydroxyl groups excluding tert-OH is 1. The molecule has 0 saturated carbocycles. The second-order valence-electron chi connectivity index (χ2n) is 10.5. The first-order chi connectivity index (χ1) is 18.8. The number of halogens is 1. The zero-order chi connectivity index (χ0) is 27.9. The first-order valence-corrected chi connectivity index (χ1v) is 15.0. The molecule has 1 N–H and O–H groups in total. The Morgan fingerprint density at radius 3 is 2.69 bits per heavy atom. The van der Waals surface area contributed by atoms with Gasteiger partial charge in [0.25, 0.3) is 5.91 Å². The third-order valence-electron chi connectivity index (χ3n) is 8.16. The van der Waals surface area contributed by atoms with Gasteiger partial charge in [0.1, 0.15) is 6.04 Å². The highest BCUT2D eigenvalue weighted by molar-refractivity contribution is 9.09. The molecule has 2 bridgehead atoms. The van der Waals surface area contributed by atoms with Crippen LogP contribution in [0, 0.1) is 11.8 Å². The molecule has 3 saturated heterocycles. The number of hydrogen-bond donors (Lipinski definition) is 1. The van der Waals surface area contributed by atoms with Gasteiger partial charge in [-0.25, -0.2) is 0 Å². The average Bonchev–Trinajstić information content (AvgIpc) is 3.54. The fraction of sp³-hybridized carbons (Fsp3) is 0.433. The number of nitrogens with zero attached hydrogens (tertiary/aromatic N) is 2. The molecule has 3 unspecified atom stereocenters. The maximum absolute atomic E-state index is 14.6. The quantitative estimate of drug-likeness (QED) is 0.186. The van der Waals surface area contributed by atoms with E-state index < -0.39 is 34.6 Å². The van der Waals surface area contributed by atoms with Crippen molar-refractivity contribution >= 4 is 61.9 Å². The average molecular weight is 614 g/mol. The minimum absolute atomic E-state index is 0.0586. The molecule has 206 valence electrons. The number of thioether (sulfide) groups is 1. The predicted octanol–water partition coefficient (Wildman–Crippen LogP) is 4.32. The first-order valence-electron chi connectivity index (χ1n) is 13.2. The van der Waals surface area contributed by atoms with Crippen LogP contribution in [0.4, 0.5) is 5.69 Å². The summed E-state index contributed by atoms with van der Waals surface area (Å²) in [6.45, 7) is 9.45. The topological polar surface area (TPSA) is 87.2 Å². The Morgan fingerprint density at radius 2 is 2.00 bits per heavy atom. The number of rotatable bonds is 10. The van der Waals surface area contributed by atoms with Crippen LogP contribution in [0.5, 0.6) is 0 Å². The standard InChI is InChI=1S/C30H33BrN2O5S/c1-4-6-14-38-29(37)23-24-27(35)33(18(3)17-34)26(30(24)16-22(31)25(23)39-30)28(36)32(13-5-2)21-12-11-19-9-7-8-10-20(19)15-21/h4-5,7-12,15,18,22-26,34H,1-2,6,13-14,16-17H2,3H3/t18-,22?,23-,24+,25-,26?,30?/m1/s1. The molecule has 3 fully saturated rings. The van der Waals surface area contributed by atoms with Crippen LogP contribution < -0.4 is 4.90 Å². The normalized spacial score (nSPS) is 29.8. The highest BCUT2D eigenvalue weighted by atomic mass is 79.9. The van der Waals surface area contributed by atoms with Crippen LogP contribution in [0.3, 0.4) is 0 Å². The van der Waals surface area contributed by atoms with Gasteiger partial charge in [-0.3, -0.25) is 14.4 Å². The van der Waals surface area contributed by atoms with E-state index >= 15 is 0 Å². The number of amides is 2.